The SMILES string of the molecule is Cc1ccc(F)cc1CC(N)CCOc1ccccc1. The Morgan fingerprint density at radius 2 is 1.90 bits per heavy atom. The zero-order valence-electron chi connectivity index (χ0n) is 11.7. The molecular formula is C17H20FNO. The molecule has 0 radical (unpaired) electrons. The van der Waals surface area contributed by atoms with E-state index < -0.39 is 0 Å². The van der Waals surface area contributed by atoms with Crippen molar-refractivity contribution >= 4 is 0 Å². The molecule has 0 heterocycles. The summed E-state index contributed by atoms with van der Waals surface area (Å²) in [5.74, 6) is 0.639. The molecule has 2 aromatic carbocycles. The Hall–Kier alpha value is -1.87. The number of halogens is 1. The molecule has 0 aliphatic carbocycles. The third-order valence-electron chi connectivity index (χ3n) is 3.29. The minimum Gasteiger partial charge on any atom is -0.494 e. The highest BCUT2D eigenvalue weighted by molar-refractivity contribution is 5.27. The van der Waals surface area contributed by atoms with Crippen LogP contribution in [0.15, 0.2) is 48.5 Å². The van der Waals surface area contributed by atoms with E-state index in [9.17, 15) is 4.39 Å². The fourth-order valence-electron chi connectivity index (χ4n) is 2.09. The fraction of sp³-hybridized carbons (Fsp3) is 0.294. The molecule has 0 fully saturated rings. The van der Waals surface area contributed by atoms with Crippen LogP contribution < -0.4 is 10.5 Å². The minimum atomic E-state index is -0.210. The number of para-hydroxylation sites is 1. The highest BCUT2D eigenvalue weighted by Crippen LogP contribution is 2.14. The second-order valence-electron chi connectivity index (χ2n) is 4.99. The molecule has 0 saturated heterocycles. The first-order valence-corrected chi connectivity index (χ1v) is 6.83. The maximum absolute atomic E-state index is 13.2. The quantitative estimate of drug-likeness (QED) is 0.874. The lowest BCUT2D eigenvalue weighted by Gasteiger charge is -2.14. The van der Waals surface area contributed by atoms with E-state index in [-0.39, 0.29) is 11.9 Å². The van der Waals surface area contributed by atoms with Crippen LogP contribution in [0.3, 0.4) is 0 Å². The third kappa shape index (κ3) is 4.35. The Morgan fingerprint density at radius 3 is 2.65 bits per heavy atom. The summed E-state index contributed by atoms with van der Waals surface area (Å²) in [4.78, 5) is 0. The average Bonchev–Trinajstić information content (AvgIpc) is 2.44. The Balaban J connectivity index is 1.80. The molecule has 0 saturated carbocycles. The van der Waals surface area contributed by atoms with Gasteiger partial charge in [0.1, 0.15) is 11.6 Å². The van der Waals surface area contributed by atoms with Crippen LogP contribution in [0.4, 0.5) is 4.39 Å². The van der Waals surface area contributed by atoms with Gasteiger partial charge in [0.25, 0.3) is 0 Å². The molecule has 2 rings (SSSR count). The van der Waals surface area contributed by atoms with Crippen molar-refractivity contribution in [1.82, 2.24) is 0 Å². The van der Waals surface area contributed by atoms with E-state index in [4.69, 9.17) is 10.5 Å². The lowest BCUT2D eigenvalue weighted by atomic mass is 10.00. The summed E-state index contributed by atoms with van der Waals surface area (Å²) in [5.41, 5.74) is 8.13. The number of nitrogens with two attached hydrogens (primary N) is 1. The van der Waals surface area contributed by atoms with Crippen molar-refractivity contribution in [1.29, 1.82) is 0 Å². The summed E-state index contributed by atoms with van der Waals surface area (Å²) in [7, 11) is 0. The first-order valence-electron chi connectivity index (χ1n) is 6.83. The molecule has 106 valence electrons. The largest absolute Gasteiger partial charge is 0.494 e. The predicted molar refractivity (Wildman–Crippen MR) is 79.4 cm³/mol. The molecule has 0 aliphatic rings. The summed E-state index contributed by atoms with van der Waals surface area (Å²) in [6.45, 7) is 2.54. The molecule has 0 aromatic heterocycles. The van der Waals surface area contributed by atoms with Gasteiger partial charge in [0.15, 0.2) is 0 Å². The van der Waals surface area contributed by atoms with Gasteiger partial charge in [-0.3, -0.25) is 0 Å². The Morgan fingerprint density at radius 1 is 1.15 bits per heavy atom. The molecule has 2 N–H and O–H groups in total. The fourth-order valence-corrected chi connectivity index (χ4v) is 2.09. The number of hydrogen-bond donors (Lipinski definition) is 1. The lowest BCUT2D eigenvalue weighted by Crippen LogP contribution is -2.25. The number of benzene rings is 2. The lowest BCUT2D eigenvalue weighted by molar-refractivity contribution is 0.297. The molecule has 0 aliphatic heterocycles. The van der Waals surface area contributed by atoms with E-state index in [2.05, 4.69) is 0 Å². The van der Waals surface area contributed by atoms with Crippen LogP contribution in [0, 0.1) is 12.7 Å². The van der Waals surface area contributed by atoms with E-state index in [1.165, 1.54) is 6.07 Å². The average molecular weight is 273 g/mol. The van der Waals surface area contributed by atoms with E-state index in [0.29, 0.717) is 13.0 Å². The number of hydrogen-bond acceptors (Lipinski definition) is 2. The summed E-state index contributed by atoms with van der Waals surface area (Å²) < 4.78 is 18.8. The molecule has 20 heavy (non-hydrogen) atoms. The zero-order chi connectivity index (χ0) is 14.4. The van der Waals surface area contributed by atoms with E-state index in [1.807, 2.05) is 37.3 Å². The summed E-state index contributed by atoms with van der Waals surface area (Å²) in [5, 5.41) is 0. The van der Waals surface area contributed by atoms with Gasteiger partial charge in [-0.15, -0.1) is 0 Å². The molecule has 0 amide bonds. The standard InChI is InChI=1S/C17H20FNO/c1-13-7-8-15(18)11-14(13)12-16(19)9-10-20-17-5-3-2-4-6-17/h2-8,11,16H,9-10,12,19H2,1H3. The Labute approximate surface area is 119 Å². The Bertz CT molecular complexity index is 542. The smallest absolute Gasteiger partial charge is 0.123 e. The molecule has 2 aromatic rings. The monoisotopic (exact) mass is 273 g/mol. The van der Waals surface area contributed by atoms with Gasteiger partial charge in [-0.25, -0.2) is 4.39 Å². The highest BCUT2D eigenvalue weighted by atomic mass is 19.1. The number of ether oxygens (including phenoxy) is 1. The van der Waals surface area contributed by atoms with Gasteiger partial charge in [-0.05, 0) is 55.2 Å². The van der Waals surface area contributed by atoms with Crippen LogP contribution in [0.2, 0.25) is 0 Å². The van der Waals surface area contributed by atoms with Gasteiger partial charge in [-0.2, -0.15) is 0 Å². The van der Waals surface area contributed by atoms with Crippen molar-refractivity contribution < 1.29 is 9.13 Å². The van der Waals surface area contributed by atoms with Crippen LogP contribution in [0.1, 0.15) is 17.5 Å². The first kappa shape index (κ1) is 14.5. The van der Waals surface area contributed by atoms with Crippen molar-refractivity contribution in [2.75, 3.05) is 6.61 Å². The molecular weight excluding hydrogens is 253 g/mol. The normalized spacial score (nSPS) is 12.2. The first-order chi connectivity index (χ1) is 9.65. The van der Waals surface area contributed by atoms with E-state index >= 15 is 0 Å². The van der Waals surface area contributed by atoms with E-state index in [1.54, 1.807) is 12.1 Å². The van der Waals surface area contributed by atoms with Gasteiger partial charge in [0, 0.05) is 6.04 Å². The van der Waals surface area contributed by atoms with Crippen molar-refractivity contribution in [3.05, 3.63) is 65.5 Å². The molecule has 1 unspecified atom stereocenters. The van der Waals surface area contributed by atoms with Gasteiger partial charge in [-0.1, -0.05) is 24.3 Å². The second kappa shape index (κ2) is 7.06. The van der Waals surface area contributed by atoms with Crippen molar-refractivity contribution in [3.8, 4) is 5.75 Å². The number of rotatable bonds is 6. The molecule has 2 nitrogen and oxygen atoms in total. The van der Waals surface area contributed by atoms with Gasteiger partial charge >= 0.3 is 0 Å². The second-order valence-corrected chi connectivity index (χ2v) is 4.99. The van der Waals surface area contributed by atoms with Crippen LogP contribution >= 0.6 is 0 Å². The maximum Gasteiger partial charge on any atom is 0.123 e. The van der Waals surface area contributed by atoms with Crippen LogP contribution in [0.5, 0.6) is 5.75 Å². The predicted octanol–water partition coefficient (Wildman–Crippen LogP) is 3.47. The van der Waals surface area contributed by atoms with Gasteiger partial charge in [0.2, 0.25) is 0 Å². The topological polar surface area (TPSA) is 35.2 Å². The Kier molecular flexibility index (Phi) is 5.13. The van der Waals surface area contributed by atoms with E-state index in [0.717, 1.165) is 23.3 Å². The van der Waals surface area contributed by atoms with Crippen molar-refractivity contribution in [3.63, 3.8) is 0 Å². The van der Waals surface area contributed by atoms with Crippen molar-refractivity contribution in [2.24, 2.45) is 5.73 Å². The van der Waals surface area contributed by atoms with Crippen molar-refractivity contribution in [2.45, 2.75) is 25.8 Å². The number of aryl methyl sites for hydroxylation is 1. The molecule has 3 heteroatoms. The van der Waals surface area contributed by atoms with Crippen LogP contribution in [0.25, 0.3) is 0 Å². The van der Waals surface area contributed by atoms with Gasteiger partial charge in [0.05, 0.1) is 6.61 Å². The van der Waals surface area contributed by atoms with Gasteiger partial charge < -0.3 is 10.5 Å². The molecule has 1 atom stereocenters. The third-order valence-corrected chi connectivity index (χ3v) is 3.29. The maximum atomic E-state index is 13.2. The molecule has 0 bridgehead atoms. The van der Waals surface area contributed by atoms with Crippen LogP contribution in [-0.2, 0) is 6.42 Å². The minimum absolute atomic E-state index is 0.0285. The van der Waals surface area contributed by atoms with Crippen LogP contribution in [-0.4, -0.2) is 12.6 Å². The highest BCUT2D eigenvalue weighted by Gasteiger charge is 2.08. The zero-order valence-corrected chi connectivity index (χ0v) is 11.7. The summed E-state index contributed by atoms with van der Waals surface area (Å²) >= 11 is 0. The summed E-state index contributed by atoms with van der Waals surface area (Å²) in [6.07, 6.45) is 1.41. The summed E-state index contributed by atoms with van der Waals surface area (Å²) in [6, 6.07) is 14.5. The molecule has 0 spiro atoms.